The Labute approximate surface area is 149 Å². The topological polar surface area (TPSA) is 70.6 Å². The Morgan fingerprint density at radius 2 is 1.68 bits per heavy atom. The molecule has 2 aromatic rings. The molecule has 0 spiro atoms. The fourth-order valence-corrected chi connectivity index (χ4v) is 2.12. The van der Waals surface area contributed by atoms with Crippen molar-refractivity contribution in [1.82, 2.24) is 5.43 Å². The summed E-state index contributed by atoms with van der Waals surface area (Å²) in [5.41, 5.74) is 4.16. The van der Waals surface area contributed by atoms with E-state index >= 15 is 0 Å². The summed E-state index contributed by atoms with van der Waals surface area (Å²) in [6.07, 6.45) is 0.175. The fraction of sp³-hybridized carbons (Fsp3) is 0.167. The van der Waals surface area contributed by atoms with Crippen molar-refractivity contribution >= 4 is 34.8 Å². The highest BCUT2D eigenvalue weighted by Gasteiger charge is 2.06. The molecule has 0 saturated heterocycles. The molecule has 2 N–H and O–H groups in total. The van der Waals surface area contributed by atoms with E-state index in [-0.39, 0.29) is 30.5 Å². The highest BCUT2D eigenvalue weighted by Crippen LogP contribution is 2.10. The van der Waals surface area contributed by atoms with Crippen LogP contribution in [-0.2, 0) is 16.0 Å². The van der Waals surface area contributed by atoms with Gasteiger partial charge in [0.25, 0.3) is 0 Å². The lowest BCUT2D eigenvalue weighted by Gasteiger charge is -2.05. The number of nitrogens with one attached hydrogen (secondary N) is 2. The van der Waals surface area contributed by atoms with E-state index in [1.54, 1.807) is 31.2 Å². The average Bonchev–Trinajstić information content (AvgIpc) is 2.57. The minimum atomic E-state index is -0.376. The first-order chi connectivity index (χ1) is 11.9. The van der Waals surface area contributed by atoms with Crippen molar-refractivity contribution in [1.29, 1.82) is 0 Å². The molecule has 2 aromatic carbocycles. The van der Waals surface area contributed by atoms with Gasteiger partial charge in [-0.3, -0.25) is 9.59 Å². The molecule has 0 aliphatic heterocycles. The molecule has 0 radical (unpaired) electrons. The molecule has 5 nitrogen and oxygen atoms in total. The van der Waals surface area contributed by atoms with Crippen LogP contribution in [0.4, 0.5) is 10.1 Å². The smallest absolute Gasteiger partial charge is 0.244 e. The monoisotopic (exact) mass is 361 g/mol. The molecule has 0 fully saturated rings. The van der Waals surface area contributed by atoms with Gasteiger partial charge in [0.1, 0.15) is 5.82 Å². The van der Waals surface area contributed by atoms with Gasteiger partial charge in [-0.15, -0.1) is 0 Å². The molecular formula is C18H17ClFN3O2. The van der Waals surface area contributed by atoms with Gasteiger partial charge in [0, 0.05) is 16.4 Å². The number of rotatable bonds is 6. The van der Waals surface area contributed by atoms with Crippen molar-refractivity contribution in [2.24, 2.45) is 5.10 Å². The maximum atomic E-state index is 12.8. The number of anilines is 1. The van der Waals surface area contributed by atoms with Gasteiger partial charge in [-0.1, -0.05) is 23.7 Å². The Kier molecular flexibility index (Phi) is 6.65. The van der Waals surface area contributed by atoms with Gasteiger partial charge in [-0.25, -0.2) is 9.82 Å². The molecule has 2 rings (SSSR count). The van der Waals surface area contributed by atoms with Crippen LogP contribution in [0.1, 0.15) is 18.9 Å². The maximum Gasteiger partial charge on any atom is 0.244 e. The quantitative estimate of drug-likeness (QED) is 0.610. The molecule has 130 valence electrons. The summed E-state index contributed by atoms with van der Waals surface area (Å²) in [6.45, 7) is 1.63. The van der Waals surface area contributed by atoms with E-state index in [2.05, 4.69) is 15.8 Å². The second-order valence-corrected chi connectivity index (χ2v) is 5.85. The first-order valence-corrected chi connectivity index (χ1v) is 7.92. The van der Waals surface area contributed by atoms with Crippen molar-refractivity contribution < 1.29 is 14.0 Å². The van der Waals surface area contributed by atoms with Crippen LogP contribution in [0.5, 0.6) is 0 Å². The van der Waals surface area contributed by atoms with Gasteiger partial charge in [0.15, 0.2) is 0 Å². The molecule has 2 amide bonds. The van der Waals surface area contributed by atoms with E-state index in [0.29, 0.717) is 16.4 Å². The summed E-state index contributed by atoms with van der Waals surface area (Å²) >= 11 is 5.79. The number of hydrogen-bond donors (Lipinski definition) is 2. The second-order valence-electron chi connectivity index (χ2n) is 5.42. The summed E-state index contributed by atoms with van der Waals surface area (Å²) in [6, 6.07) is 12.4. The third-order valence-electron chi connectivity index (χ3n) is 3.19. The zero-order valence-corrected chi connectivity index (χ0v) is 14.3. The van der Waals surface area contributed by atoms with Crippen LogP contribution >= 0.6 is 11.6 Å². The Balaban J connectivity index is 1.79. The van der Waals surface area contributed by atoms with Gasteiger partial charge in [-0.05, 0) is 48.9 Å². The van der Waals surface area contributed by atoms with Crippen molar-refractivity contribution in [3.63, 3.8) is 0 Å². The van der Waals surface area contributed by atoms with E-state index in [1.165, 1.54) is 24.3 Å². The first-order valence-electron chi connectivity index (χ1n) is 7.54. The highest BCUT2D eigenvalue weighted by atomic mass is 35.5. The molecule has 0 unspecified atom stereocenters. The van der Waals surface area contributed by atoms with E-state index in [1.807, 2.05) is 0 Å². The van der Waals surface area contributed by atoms with Gasteiger partial charge in [0.2, 0.25) is 11.8 Å². The summed E-state index contributed by atoms with van der Waals surface area (Å²) in [4.78, 5) is 23.7. The van der Waals surface area contributed by atoms with Crippen LogP contribution < -0.4 is 10.7 Å². The van der Waals surface area contributed by atoms with Crippen LogP contribution in [0.2, 0.25) is 5.02 Å². The number of nitrogens with zero attached hydrogens (tertiary/aromatic N) is 1. The predicted molar refractivity (Wildman–Crippen MR) is 96.1 cm³/mol. The molecular weight excluding hydrogens is 345 g/mol. The molecule has 0 aliphatic rings. The molecule has 7 heteroatoms. The molecule has 0 bridgehead atoms. The average molecular weight is 362 g/mol. The fourth-order valence-electron chi connectivity index (χ4n) is 2.00. The number of carbonyl (C=O) groups is 2. The summed E-state index contributed by atoms with van der Waals surface area (Å²) in [5, 5.41) is 7.13. The third-order valence-corrected chi connectivity index (χ3v) is 3.45. The molecule has 0 atom stereocenters. The van der Waals surface area contributed by atoms with Crippen LogP contribution in [0.3, 0.4) is 0 Å². The summed E-state index contributed by atoms with van der Waals surface area (Å²) in [5.74, 6) is -0.973. The van der Waals surface area contributed by atoms with Gasteiger partial charge >= 0.3 is 0 Å². The summed E-state index contributed by atoms with van der Waals surface area (Å²) < 4.78 is 12.8. The second kappa shape index (κ2) is 8.94. The van der Waals surface area contributed by atoms with E-state index in [0.717, 1.165) is 5.56 Å². The normalized spacial score (nSPS) is 11.1. The number of hydrazone groups is 1. The Morgan fingerprint density at radius 3 is 2.32 bits per heavy atom. The van der Waals surface area contributed by atoms with Crippen LogP contribution in [-0.4, -0.2) is 17.5 Å². The number of carbonyl (C=O) groups excluding carboxylic acids is 2. The maximum absolute atomic E-state index is 12.8. The zero-order chi connectivity index (χ0) is 18.2. The Morgan fingerprint density at radius 1 is 1.04 bits per heavy atom. The minimum absolute atomic E-state index is 0.0125. The number of halogens is 2. The SMILES string of the molecule is C/C(CC(=O)Nc1ccc(F)cc1)=N/NC(=O)Cc1ccc(Cl)cc1. The molecule has 0 aliphatic carbocycles. The van der Waals surface area contributed by atoms with Crippen molar-refractivity contribution in [2.75, 3.05) is 5.32 Å². The lowest BCUT2D eigenvalue weighted by atomic mass is 10.1. The lowest BCUT2D eigenvalue weighted by molar-refractivity contribution is -0.120. The van der Waals surface area contributed by atoms with E-state index in [4.69, 9.17) is 11.6 Å². The highest BCUT2D eigenvalue weighted by molar-refractivity contribution is 6.30. The standard InChI is InChI=1S/C18H17ClFN3O2/c1-12(10-17(24)21-16-8-6-15(20)7-9-16)22-23-18(25)11-13-2-4-14(19)5-3-13/h2-9H,10-11H2,1H3,(H,21,24)(H,23,25)/b22-12-. The van der Waals surface area contributed by atoms with E-state index < -0.39 is 0 Å². The Bertz CT molecular complexity index is 774. The van der Waals surface area contributed by atoms with Crippen LogP contribution in [0.15, 0.2) is 53.6 Å². The van der Waals surface area contributed by atoms with E-state index in [9.17, 15) is 14.0 Å². The molecule has 0 heterocycles. The van der Waals surface area contributed by atoms with Crippen LogP contribution in [0.25, 0.3) is 0 Å². The molecule has 25 heavy (non-hydrogen) atoms. The minimum Gasteiger partial charge on any atom is -0.326 e. The van der Waals surface area contributed by atoms with Gasteiger partial charge < -0.3 is 5.32 Å². The van der Waals surface area contributed by atoms with Crippen molar-refractivity contribution in [3.05, 3.63) is 64.9 Å². The number of hydrogen-bond acceptors (Lipinski definition) is 3. The lowest BCUT2D eigenvalue weighted by Crippen LogP contribution is -2.22. The van der Waals surface area contributed by atoms with Crippen LogP contribution in [0, 0.1) is 5.82 Å². The van der Waals surface area contributed by atoms with Crippen molar-refractivity contribution in [3.8, 4) is 0 Å². The molecule has 0 aromatic heterocycles. The third kappa shape index (κ3) is 6.73. The largest absolute Gasteiger partial charge is 0.326 e. The van der Waals surface area contributed by atoms with Gasteiger partial charge in [-0.2, -0.15) is 5.10 Å². The predicted octanol–water partition coefficient (Wildman–Crippen LogP) is 3.54. The zero-order valence-electron chi connectivity index (χ0n) is 13.6. The van der Waals surface area contributed by atoms with Gasteiger partial charge in [0.05, 0.1) is 12.8 Å². The first kappa shape index (κ1) is 18.6. The number of amides is 2. The van der Waals surface area contributed by atoms with Crippen molar-refractivity contribution in [2.45, 2.75) is 19.8 Å². The summed E-state index contributed by atoms with van der Waals surface area (Å²) in [7, 11) is 0. The number of benzene rings is 2. The Hall–Kier alpha value is -2.73. The molecule has 0 saturated carbocycles.